The second kappa shape index (κ2) is 8.87. The lowest BCUT2D eigenvalue weighted by Gasteiger charge is -2.50. The zero-order valence-electron chi connectivity index (χ0n) is 15.8. The molecule has 0 amide bonds. The number of piperazine rings is 1. The van der Waals surface area contributed by atoms with E-state index < -0.39 is 0 Å². The van der Waals surface area contributed by atoms with Gasteiger partial charge in [0.15, 0.2) is 5.96 Å². The van der Waals surface area contributed by atoms with E-state index in [1.165, 1.54) is 0 Å². The van der Waals surface area contributed by atoms with E-state index in [1.807, 2.05) is 13.0 Å². The van der Waals surface area contributed by atoms with Crippen LogP contribution in [0.15, 0.2) is 23.5 Å². The summed E-state index contributed by atoms with van der Waals surface area (Å²) in [5.74, 6) is 1.40. The lowest BCUT2D eigenvalue weighted by molar-refractivity contribution is -0.189. The van der Waals surface area contributed by atoms with Crippen LogP contribution in [-0.2, 0) is 9.47 Å². The third-order valence-electron chi connectivity index (χ3n) is 5.72. The summed E-state index contributed by atoms with van der Waals surface area (Å²) in [6, 6.07) is 1.94. The first-order valence-corrected chi connectivity index (χ1v) is 9.58. The van der Waals surface area contributed by atoms with E-state index in [4.69, 9.17) is 20.2 Å². The van der Waals surface area contributed by atoms with Gasteiger partial charge in [-0.15, -0.1) is 24.0 Å². The number of ether oxygens (including phenoxy) is 2. The molecule has 0 radical (unpaired) electrons. The third-order valence-corrected chi connectivity index (χ3v) is 5.72. The number of anilines is 1. The van der Waals surface area contributed by atoms with Gasteiger partial charge >= 0.3 is 0 Å². The summed E-state index contributed by atoms with van der Waals surface area (Å²) in [6.45, 7) is 6.87. The highest BCUT2D eigenvalue weighted by atomic mass is 127. The average Bonchev–Trinajstić information content (AvgIpc) is 3.21. The first-order chi connectivity index (χ1) is 12.7. The Morgan fingerprint density at radius 2 is 2.07 bits per heavy atom. The van der Waals surface area contributed by atoms with Gasteiger partial charge in [0.25, 0.3) is 0 Å². The molecule has 3 unspecified atom stereocenters. The topological polar surface area (TPSA) is 89.1 Å². The molecule has 0 aromatic carbocycles. The number of rotatable bonds is 4. The van der Waals surface area contributed by atoms with Gasteiger partial charge in [0.2, 0.25) is 5.95 Å². The summed E-state index contributed by atoms with van der Waals surface area (Å²) in [6.07, 6.45) is 6.69. The van der Waals surface area contributed by atoms with E-state index in [2.05, 4.69) is 19.8 Å². The predicted molar refractivity (Wildman–Crippen MR) is 115 cm³/mol. The number of guanidine groups is 1. The Labute approximate surface area is 177 Å². The largest absolute Gasteiger partial charge is 0.375 e. The highest BCUT2D eigenvalue weighted by Gasteiger charge is 2.59. The summed E-state index contributed by atoms with van der Waals surface area (Å²) in [4.78, 5) is 17.8. The van der Waals surface area contributed by atoms with Crippen molar-refractivity contribution >= 4 is 35.9 Å². The van der Waals surface area contributed by atoms with Gasteiger partial charge in [-0.05, 0) is 25.8 Å². The number of aliphatic imine (C=N–C) groups is 1. The Balaban J connectivity index is 0.00000210. The standard InChI is InChI=1S/C18H28N6O2.HI/c1-2-25-15-13-14(18(15)5-3-12-26-18)22-16(19)23-8-10-24(11-9-23)17-20-6-4-7-21-17;/h4,6-7,14-15H,2-3,5,8-13H2,1H3,(H2,19,22);1H. The Kier molecular flexibility index (Phi) is 6.74. The quantitative estimate of drug-likeness (QED) is 0.388. The van der Waals surface area contributed by atoms with Crippen LogP contribution in [0, 0.1) is 0 Å². The van der Waals surface area contributed by atoms with E-state index in [1.54, 1.807) is 12.4 Å². The zero-order valence-corrected chi connectivity index (χ0v) is 18.1. The monoisotopic (exact) mass is 488 g/mol. The smallest absolute Gasteiger partial charge is 0.225 e. The molecule has 9 heteroatoms. The molecular formula is C18H29IN6O2. The molecule has 150 valence electrons. The summed E-state index contributed by atoms with van der Waals surface area (Å²) in [5, 5.41) is 0. The van der Waals surface area contributed by atoms with Crippen molar-refractivity contribution in [3.8, 4) is 0 Å². The van der Waals surface area contributed by atoms with Gasteiger partial charge in [0, 0.05) is 58.2 Å². The van der Waals surface area contributed by atoms with Gasteiger partial charge in [0.1, 0.15) is 5.60 Å². The summed E-state index contributed by atoms with van der Waals surface area (Å²) >= 11 is 0. The molecule has 1 aromatic rings. The number of aromatic nitrogens is 2. The van der Waals surface area contributed by atoms with Crippen LogP contribution in [0.25, 0.3) is 0 Å². The van der Waals surface area contributed by atoms with Crippen LogP contribution in [0.3, 0.4) is 0 Å². The molecule has 1 aromatic heterocycles. The highest BCUT2D eigenvalue weighted by molar-refractivity contribution is 14.0. The number of nitrogens with zero attached hydrogens (tertiary/aromatic N) is 5. The number of hydrogen-bond acceptors (Lipinski definition) is 6. The van der Waals surface area contributed by atoms with E-state index in [-0.39, 0.29) is 41.7 Å². The molecule has 2 N–H and O–H groups in total. The number of nitrogens with two attached hydrogens (primary N) is 1. The Hall–Kier alpha value is -1.20. The minimum absolute atomic E-state index is 0. The van der Waals surface area contributed by atoms with Gasteiger partial charge in [-0.25, -0.2) is 15.0 Å². The van der Waals surface area contributed by atoms with Crippen molar-refractivity contribution < 1.29 is 9.47 Å². The summed E-state index contributed by atoms with van der Waals surface area (Å²) < 4.78 is 12.0. The van der Waals surface area contributed by atoms with Crippen molar-refractivity contribution in [2.45, 2.75) is 43.9 Å². The van der Waals surface area contributed by atoms with Crippen LogP contribution < -0.4 is 10.6 Å². The number of halogens is 1. The molecule has 3 aliphatic rings. The van der Waals surface area contributed by atoms with Crippen molar-refractivity contribution in [3.63, 3.8) is 0 Å². The molecule has 2 aliphatic heterocycles. The van der Waals surface area contributed by atoms with E-state index in [0.29, 0.717) is 12.6 Å². The number of hydrogen-bond donors (Lipinski definition) is 1. The molecular weight excluding hydrogens is 459 g/mol. The lowest BCUT2D eigenvalue weighted by atomic mass is 9.70. The van der Waals surface area contributed by atoms with Crippen LogP contribution >= 0.6 is 24.0 Å². The Bertz CT molecular complexity index is 632. The molecule has 1 saturated carbocycles. The minimum Gasteiger partial charge on any atom is -0.375 e. The van der Waals surface area contributed by atoms with Crippen LogP contribution in [0.5, 0.6) is 0 Å². The third kappa shape index (κ3) is 4.00. The molecule has 3 atom stereocenters. The van der Waals surface area contributed by atoms with E-state index in [9.17, 15) is 0 Å². The second-order valence-corrected chi connectivity index (χ2v) is 7.11. The molecule has 3 fully saturated rings. The Morgan fingerprint density at radius 3 is 2.70 bits per heavy atom. The maximum absolute atomic E-state index is 6.34. The van der Waals surface area contributed by atoms with Crippen LogP contribution in [0.1, 0.15) is 26.2 Å². The van der Waals surface area contributed by atoms with Crippen molar-refractivity contribution in [2.75, 3.05) is 44.3 Å². The predicted octanol–water partition coefficient (Wildman–Crippen LogP) is 1.26. The van der Waals surface area contributed by atoms with Gasteiger partial charge in [-0.1, -0.05) is 0 Å². The molecule has 4 rings (SSSR count). The van der Waals surface area contributed by atoms with Gasteiger partial charge in [-0.3, -0.25) is 0 Å². The van der Waals surface area contributed by atoms with Crippen molar-refractivity contribution in [1.82, 2.24) is 14.9 Å². The normalized spacial score (nSPS) is 30.9. The Morgan fingerprint density at radius 1 is 1.33 bits per heavy atom. The molecule has 0 bridgehead atoms. The fourth-order valence-corrected chi connectivity index (χ4v) is 4.26. The van der Waals surface area contributed by atoms with Crippen molar-refractivity contribution in [1.29, 1.82) is 0 Å². The maximum Gasteiger partial charge on any atom is 0.225 e. The van der Waals surface area contributed by atoms with Crippen LogP contribution in [0.2, 0.25) is 0 Å². The fourth-order valence-electron chi connectivity index (χ4n) is 4.26. The first kappa shape index (κ1) is 20.5. The first-order valence-electron chi connectivity index (χ1n) is 9.58. The van der Waals surface area contributed by atoms with Gasteiger partial charge in [0.05, 0.1) is 12.1 Å². The molecule has 1 aliphatic carbocycles. The summed E-state index contributed by atoms with van der Waals surface area (Å²) in [5.41, 5.74) is 6.09. The fraction of sp³-hybridized carbons (Fsp3) is 0.722. The van der Waals surface area contributed by atoms with Crippen molar-refractivity contribution in [3.05, 3.63) is 18.5 Å². The zero-order chi connectivity index (χ0) is 18.0. The average molecular weight is 488 g/mol. The van der Waals surface area contributed by atoms with Gasteiger partial charge < -0.3 is 25.0 Å². The van der Waals surface area contributed by atoms with E-state index >= 15 is 0 Å². The molecule has 3 heterocycles. The van der Waals surface area contributed by atoms with Crippen molar-refractivity contribution in [2.24, 2.45) is 10.7 Å². The molecule has 1 spiro atoms. The molecule has 2 saturated heterocycles. The lowest BCUT2D eigenvalue weighted by Crippen LogP contribution is -2.64. The summed E-state index contributed by atoms with van der Waals surface area (Å²) in [7, 11) is 0. The minimum atomic E-state index is -0.250. The molecule has 8 nitrogen and oxygen atoms in total. The van der Waals surface area contributed by atoms with Crippen LogP contribution in [0.4, 0.5) is 5.95 Å². The highest BCUT2D eigenvalue weighted by Crippen LogP contribution is 2.47. The van der Waals surface area contributed by atoms with Gasteiger partial charge in [-0.2, -0.15) is 0 Å². The van der Waals surface area contributed by atoms with Crippen LogP contribution in [-0.4, -0.2) is 78.0 Å². The maximum atomic E-state index is 6.34. The SMILES string of the molecule is CCOC1CC(N=C(N)N2CCN(c3ncccn3)CC2)C12CCCO2.I. The van der Waals surface area contributed by atoms with E-state index in [0.717, 1.165) is 58.0 Å². The second-order valence-electron chi connectivity index (χ2n) is 7.11. The molecule has 27 heavy (non-hydrogen) atoms.